The molecule has 0 saturated carbocycles. The zero-order chi connectivity index (χ0) is 18.5. The summed E-state index contributed by atoms with van der Waals surface area (Å²) in [6, 6.07) is 10.3. The molecule has 0 aliphatic carbocycles. The Hall–Kier alpha value is -2.40. The molecule has 0 radical (unpaired) electrons. The van der Waals surface area contributed by atoms with Crippen LogP contribution in [-0.2, 0) is 11.3 Å². The number of primary amides is 1. The minimum absolute atomic E-state index is 0.0105. The minimum Gasteiger partial charge on any atom is -0.369 e. The second kappa shape index (κ2) is 8.32. The number of hydrogen-bond acceptors (Lipinski definition) is 3. The van der Waals surface area contributed by atoms with Gasteiger partial charge in [-0.3, -0.25) is 4.79 Å². The predicted molar refractivity (Wildman–Crippen MR) is 105 cm³/mol. The SMILES string of the molecule is CC(C)=Cc1c(-c2ccccc2)ncn1CCN1CCC[C@H](C(N)=O)C1. The lowest BCUT2D eigenvalue weighted by Gasteiger charge is -2.31. The van der Waals surface area contributed by atoms with Gasteiger partial charge in [-0.25, -0.2) is 4.98 Å². The molecule has 2 heterocycles. The molecule has 5 heteroatoms. The van der Waals surface area contributed by atoms with Gasteiger partial charge in [0.2, 0.25) is 5.91 Å². The fourth-order valence-corrected chi connectivity index (χ4v) is 3.55. The zero-order valence-corrected chi connectivity index (χ0v) is 15.7. The van der Waals surface area contributed by atoms with Crippen molar-refractivity contribution < 1.29 is 4.79 Å². The third-order valence-corrected chi connectivity index (χ3v) is 4.92. The molecule has 1 fully saturated rings. The number of nitrogens with zero attached hydrogens (tertiary/aromatic N) is 3. The molecular formula is C21H28N4O. The lowest BCUT2D eigenvalue weighted by atomic mass is 9.97. The molecule has 1 amide bonds. The van der Waals surface area contributed by atoms with Gasteiger partial charge in [0.25, 0.3) is 0 Å². The Kier molecular flexibility index (Phi) is 5.89. The van der Waals surface area contributed by atoms with Gasteiger partial charge >= 0.3 is 0 Å². The normalized spacial score (nSPS) is 17.8. The van der Waals surface area contributed by atoms with E-state index in [9.17, 15) is 4.79 Å². The number of benzene rings is 1. The minimum atomic E-state index is -0.172. The quantitative estimate of drug-likeness (QED) is 0.868. The number of allylic oxidation sites excluding steroid dienone is 1. The van der Waals surface area contributed by atoms with Gasteiger partial charge in [-0.2, -0.15) is 0 Å². The smallest absolute Gasteiger partial charge is 0.221 e. The molecule has 1 aliphatic rings. The maximum atomic E-state index is 11.5. The highest BCUT2D eigenvalue weighted by Gasteiger charge is 2.23. The molecule has 2 aromatic rings. The number of amides is 1. The fraction of sp³-hybridized carbons (Fsp3) is 0.429. The fourth-order valence-electron chi connectivity index (χ4n) is 3.55. The summed E-state index contributed by atoms with van der Waals surface area (Å²) in [5.74, 6) is -0.183. The Morgan fingerprint density at radius 1 is 1.27 bits per heavy atom. The third kappa shape index (κ3) is 4.41. The van der Waals surface area contributed by atoms with E-state index in [-0.39, 0.29) is 11.8 Å². The lowest BCUT2D eigenvalue weighted by molar-refractivity contribution is -0.123. The van der Waals surface area contributed by atoms with Crippen LogP contribution in [-0.4, -0.2) is 40.0 Å². The van der Waals surface area contributed by atoms with Crippen molar-refractivity contribution in [3.05, 3.63) is 47.9 Å². The second-order valence-electron chi connectivity index (χ2n) is 7.30. The van der Waals surface area contributed by atoms with Crippen molar-refractivity contribution in [2.75, 3.05) is 19.6 Å². The number of carbonyl (C=O) groups excluding carboxylic acids is 1. The topological polar surface area (TPSA) is 64.2 Å². The Labute approximate surface area is 155 Å². The van der Waals surface area contributed by atoms with Crippen LogP contribution in [0.25, 0.3) is 17.3 Å². The van der Waals surface area contributed by atoms with Crippen LogP contribution >= 0.6 is 0 Å². The zero-order valence-electron chi connectivity index (χ0n) is 15.7. The molecule has 1 aromatic carbocycles. The number of likely N-dealkylation sites (tertiary alicyclic amines) is 1. The molecular weight excluding hydrogens is 324 g/mol. The van der Waals surface area contributed by atoms with Crippen LogP contribution in [0.3, 0.4) is 0 Å². The molecule has 1 saturated heterocycles. The number of carbonyl (C=O) groups is 1. The molecule has 5 nitrogen and oxygen atoms in total. The predicted octanol–water partition coefficient (Wildman–Crippen LogP) is 3.17. The van der Waals surface area contributed by atoms with E-state index >= 15 is 0 Å². The van der Waals surface area contributed by atoms with Gasteiger partial charge in [0.15, 0.2) is 0 Å². The van der Waals surface area contributed by atoms with Crippen molar-refractivity contribution >= 4 is 12.0 Å². The second-order valence-corrected chi connectivity index (χ2v) is 7.30. The van der Waals surface area contributed by atoms with Gasteiger partial charge in [-0.1, -0.05) is 35.9 Å². The summed E-state index contributed by atoms with van der Waals surface area (Å²) in [5, 5.41) is 0. The highest BCUT2D eigenvalue weighted by Crippen LogP contribution is 2.24. The molecule has 0 unspecified atom stereocenters. The van der Waals surface area contributed by atoms with Crippen LogP contribution in [0.15, 0.2) is 42.2 Å². The van der Waals surface area contributed by atoms with E-state index in [2.05, 4.69) is 46.5 Å². The van der Waals surface area contributed by atoms with Crippen molar-refractivity contribution in [2.45, 2.75) is 33.2 Å². The number of rotatable bonds is 6. The van der Waals surface area contributed by atoms with Crippen molar-refractivity contribution in [3.63, 3.8) is 0 Å². The van der Waals surface area contributed by atoms with E-state index in [0.717, 1.165) is 56.0 Å². The van der Waals surface area contributed by atoms with Gasteiger partial charge in [0.1, 0.15) is 0 Å². The molecule has 0 spiro atoms. The van der Waals surface area contributed by atoms with E-state index in [4.69, 9.17) is 5.73 Å². The van der Waals surface area contributed by atoms with Crippen molar-refractivity contribution in [1.82, 2.24) is 14.5 Å². The maximum absolute atomic E-state index is 11.5. The molecule has 1 aromatic heterocycles. The number of nitrogens with two attached hydrogens (primary N) is 1. The summed E-state index contributed by atoms with van der Waals surface area (Å²) in [4.78, 5) is 18.5. The number of imidazole rings is 1. The Bertz CT molecular complexity index is 775. The van der Waals surface area contributed by atoms with E-state index in [0.29, 0.717) is 0 Å². The first kappa shape index (κ1) is 18.4. The Morgan fingerprint density at radius 2 is 2.04 bits per heavy atom. The molecule has 2 N–H and O–H groups in total. The molecule has 1 atom stereocenters. The van der Waals surface area contributed by atoms with Gasteiger partial charge in [-0.05, 0) is 39.3 Å². The van der Waals surface area contributed by atoms with E-state index in [1.807, 2.05) is 24.5 Å². The molecule has 3 rings (SSSR count). The first-order valence-electron chi connectivity index (χ1n) is 9.31. The van der Waals surface area contributed by atoms with Gasteiger partial charge < -0.3 is 15.2 Å². The monoisotopic (exact) mass is 352 g/mol. The lowest BCUT2D eigenvalue weighted by Crippen LogP contribution is -2.42. The summed E-state index contributed by atoms with van der Waals surface area (Å²) >= 11 is 0. The summed E-state index contributed by atoms with van der Waals surface area (Å²) in [6.45, 7) is 7.76. The van der Waals surface area contributed by atoms with Gasteiger partial charge in [0, 0.05) is 25.2 Å². The Morgan fingerprint density at radius 3 is 2.73 bits per heavy atom. The van der Waals surface area contributed by atoms with Crippen LogP contribution in [0.1, 0.15) is 32.4 Å². The average Bonchev–Trinajstić information content (AvgIpc) is 3.03. The van der Waals surface area contributed by atoms with Crippen LogP contribution in [0.4, 0.5) is 0 Å². The first-order chi connectivity index (χ1) is 12.5. The first-order valence-corrected chi connectivity index (χ1v) is 9.31. The summed E-state index contributed by atoms with van der Waals surface area (Å²) in [6.07, 6.45) is 6.07. The number of aromatic nitrogens is 2. The number of piperidine rings is 1. The summed E-state index contributed by atoms with van der Waals surface area (Å²) < 4.78 is 2.21. The van der Waals surface area contributed by atoms with Crippen molar-refractivity contribution in [2.24, 2.45) is 11.7 Å². The third-order valence-electron chi connectivity index (χ3n) is 4.92. The van der Waals surface area contributed by atoms with Crippen LogP contribution in [0, 0.1) is 5.92 Å². The number of hydrogen-bond donors (Lipinski definition) is 1. The summed E-state index contributed by atoms with van der Waals surface area (Å²) in [7, 11) is 0. The maximum Gasteiger partial charge on any atom is 0.221 e. The largest absolute Gasteiger partial charge is 0.369 e. The standard InChI is InChI=1S/C21H28N4O/c1-16(2)13-19-20(17-7-4-3-5-8-17)23-15-25(19)12-11-24-10-6-9-18(14-24)21(22)26/h3-5,7-8,13,15,18H,6,9-12,14H2,1-2H3,(H2,22,26)/t18-/m0/s1. The van der Waals surface area contributed by atoms with Crippen LogP contribution in [0.2, 0.25) is 0 Å². The molecule has 138 valence electrons. The highest BCUT2D eigenvalue weighted by atomic mass is 16.1. The summed E-state index contributed by atoms with van der Waals surface area (Å²) in [5.41, 5.74) is 10.0. The molecule has 1 aliphatic heterocycles. The van der Waals surface area contributed by atoms with E-state index in [1.54, 1.807) is 0 Å². The van der Waals surface area contributed by atoms with E-state index in [1.165, 1.54) is 5.57 Å². The molecule has 0 bridgehead atoms. The van der Waals surface area contributed by atoms with Gasteiger partial charge in [-0.15, -0.1) is 0 Å². The van der Waals surface area contributed by atoms with E-state index < -0.39 is 0 Å². The average molecular weight is 352 g/mol. The van der Waals surface area contributed by atoms with Crippen molar-refractivity contribution in [1.29, 1.82) is 0 Å². The van der Waals surface area contributed by atoms with Gasteiger partial charge in [0.05, 0.1) is 23.6 Å². The Balaban J connectivity index is 1.77. The molecule has 26 heavy (non-hydrogen) atoms. The van der Waals surface area contributed by atoms with Crippen LogP contribution in [0.5, 0.6) is 0 Å². The van der Waals surface area contributed by atoms with Crippen LogP contribution < -0.4 is 5.73 Å². The van der Waals surface area contributed by atoms with Crippen molar-refractivity contribution in [3.8, 4) is 11.3 Å². The highest BCUT2D eigenvalue weighted by molar-refractivity contribution is 5.77.